The maximum absolute atomic E-state index is 13.9. The number of carbonyl (C=O) groups is 1. The van der Waals surface area contributed by atoms with Crippen molar-refractivity contribution in [2.75, 3.05) is 0 Å². The zero-order valence-corrected chi connectivity index (χ0v) is 10.3. The molecule has 1 heterocycles. The Morgan fingerprint density at radius 2 is 1.71 bits per heavy atom. The van der Waals surface area contributed by atoms with Crippen molar-refractivity contribution >= 4 is 5.78 Å². The summed E-state index contributed by atoms with van der Waals surface area (Å²) in [6.07, 6.45) is -4.57. The molecule has 21 heavy (non-hydrogen) atoms. The molecular formula is C12H8F5N3O. The van der Waals surface area contributed by atoms with E-state index in [0.717, 1.165) is 0 Å². The molecule has 2 aromatic rings. The molecule has 0 bridgehead atoms. The number of aromatic nitrogens is 3. The summed E-state index contributed by atoms with van der Waals surface area (Å²) in [6, 6.07) is 6.72. The van der Waals surface area contributed by atoms with Crippen molar-refractivity contribution in [3.05, 3.63) is 47.8 Å². The van der Waals surface area contributed by atoms with E-state index in [2.05, 4.69) is 10.3 Å². The second-order valence-corrected chi connectivity index (χ2v) is 4.20. The second kappa shape index (κ2) is 5.23. The minimum atomic E-state index is -5.12. The van der Waals surface area contributed by atoms with Crippen LogP contribution in [0.2, 0.25) is 0 Å². The molecule has 0 atom stereocenters. The smallest absolute Gasteiger partial charge is 0.282 e. The van der Waals surface area contributed by atoms with Crippen LogP contribution in [0.4, 0.5) is 22.0 Å². The molecule has 0 aliphatic carbocycles. The lowest BCUT2D eigenvalue weighted by molar-refractivity contribution is -0.0888. The number of benzene rings is 1. The normalized spacial score (nSPS) is 12.4. The van der Waals surface area contributed by atoms with Crippen molar-refractivity contribution in [1.29, 1.82) is 0 Å². The Kier molecular flexibility index (Phi) is 3.75. The third kappa shape index (κ3) is 3.41. The van der Waals surface area contributed by atoms with Gasteiger partial charge < -0.3 is 0 Å². The molecule has 2 rings (SSSR count). The van der Waals surface area contributed by atoms with Crippen LogP contribution in [0.15, 0.2) is 36.5 Å². The summed E-state index contributed by atoms with van der Waals surface area (Å²) >= 11 is 0. The lowest BCUT2D eigenvalue weighted by Crippen LogP contribution is -2.23. The van der Waals surface area contributed by atoms with E-state index in [9.17, 15) is 26.7 Å². The molecule has 0 unspecified atom stereocenters. The monoisotopic (exact) mass is 305 g/mol. The van der Waals surface area contributed by atoms with Gasteiger partial charge in [0.05, 0.1) is 6.20 Å². The average Bonchev–Trinajstić information content (AvgIpc) is 2.85. The standard InChI is InChI=1S/C12H8F5N3O/c13-11(14,8-4-2-1-3-5-8)7-20-6-9(18-19-20)10(21)12(15,16)17/h1-6H,7H2. The number of hydrogen-bond acceptors (Lipinski definition) is 3. The van der Waals surface area contributed by atoms with Crippen LogP contribution in [0.25, 0.3) is 0 Å². The van der Waals surface area contributed by atoms with Gasteiger partial charge in [0.1, 0.15) is 6.54 Å². The summed E-state index contributed by atoms with van der Waals surface area (Å²) in [7, 11) is 0. The first-order chi connectivity index (χ1) is 9.70. The first kappa shape index (κ1) is 15.1. The number of rotatable bonds is 4. The maximum Gasteiger partial charge on any atom is 0.456 e. The van der Waals surface area contributed by atoms with Crippen molar-refractivity contribution in [1.82, 2.24) is 15.0 Å². The van der Waals surface area contributed by atoms with E-state index in [-0.39, 0.29) is 5.56 Å². The van der Waals surface area contributed by atoms with Gasteiger partial charge in [-0.1, -0.05) is 35.5 Å². The Bertz CT molecular complexity index is 636. The Labute approximate surface area is 115 Å². The van der Waals surface area contributed by atoms with Gasteiger partial charge in [0, 0.05) is 5.56 Å². The predicted molar refractivity (Wildman–Crippen MR) is 60.7 cm³/mol. The lowest BCUT2D eigenvalue weighted by Gasteiger charge is -2.15. The van der Waals surface area contributed by atoms with E-state index in [4.69, 9.17) is 0 Å². The molecular weight excluding hydrogens is 297 g/mol. The van der Waals surface area contributed by atoms with Gasteiger partial charge in [-0.15, -0.1) is 5.10 Å². The van der Waals surface area contributed by atoms with Crippen molar-refractivity contribution in [3.63, 3.8) is 0 Å². The molecule has 1 aromatic heterocycles. The van der Waals surface area contributed by atoms with Gasteiger partial charge >= 0.3 is 6.18 Å². The van der Waals surface area contributed by atoms with Gasteiger partial charge in [-0.3, -0.25) is 4.79 Å². The van der Waals surface area contributed by atoms with Gasteiger partial charge in [-0.05, 0) is 0 Å². The van der Waals surface area contributed by atoms with Crippen molar-refractivity contribution < 1.29 is 26.7 Å². The third-order valence-corrected chi connectivity index (χ3v) is 2.59. The fourth-order valence-electron chi connectivity index (χ4n) is 1.60. The number of carbonyl (C=O) groups excluding carboxylic acids is 1. The number of hydrogen-bond donors (Lipinski definition) is 0. The molecule has 0 saturated carbocycles. The lowest BCUT2D eigenvalue weighted by atomic mass is 10.1. The first-order valence-corrected chi connectivity index (χ1v) is 5.65. The Morgan fingerprint density at radius 3 is 2.29 bits per heavy atom. The summed E-state index contributed by atoms with van der Waals surface area (Å²) in [6.45, 7) is -1.02. The Balaban J connectivity index is 2.18. The van der Waals surface area contributed by atoms with E-state index in [1.807, 2.05) is 0 Å². The van der Waals surface area contributed by atoms with Crippen molar-refractivity contribution in [3.8, 4) is 0 Å². The van der Waals surface area contributed by atoms with Crippen LogP contribution in [-0.4, -0.2) is 27.0 Å². The van der Waals surface area contributed by atoms with Gasteiger partial charge in [-0.2, -0.15) is 22.0 Å². The van der Waals surface area contributed by atoms with Crippen molar-refractivity contribution in [2.24, 2.45) is 0 Å². The predicted octanol–water partition coefficient (Wildman–Crippen LogP) is 2.82. The van der Waals surface area contributed by atoms with Gasteiger partial charge in [0.2, 0.25) is 0 Å². The average molecular weight is 305 g/mol. The maximum atomic E-state index is 13.9. The van der Waals surface area contributed by atoms with Crippen LogP contribution in [0.1, 0.15) is 16.1 Å². The molecule has 1 aromatic carbocycles. The zero-order valence-electron chi connectivity index (χ0n) is 10.3. The first-order valence-electron chi connectivity index (χ1n) is 5.65. The highest BCUT2D eigenvalue weighted by molar-refractivity contribution is 5.98. The van der Waals surface area contributed by atoms with Gasteiger partial charge in [-0.25, -0.2) is 4.68 Å². The minimum Gasteiger partial charge on any atom is -0.282 e. The molecule has 4 nitrogen and oxygen atoms in total. The van der Waals surface area contributed by atoms with Crippen LogP contribution in [-0.2, 0) is 12.5 Å². The fraction of sp³-hybridized carbons (Fsp3) is 0.250. The summed E-state index contributed by atoms with van der Waals surface area (Å²) in [5.74, 6) is -5.58. The number of halogens is 5. The van der Waals surface area contributed by atoms with Crippen LogP contribution in [0.3, 0.4) is 0 Å². The molecule has 112 valence electrons. The summed E-state index contributed by atoms with van der Waals surface area (Å²) < 4.78 is 64.8. The van der Waals surface area contributed by atoms with Gasteiger partial charge in [0.25, 0.3) is 11.7 Å². The van der Waals surface area contributed by atoms with Crippen LogP contribution >= 0.6 is 0 Å². The third-order valence-electron chi connectivity index (χ3n) is 2.59. The minimum absolute atomic E-state index is 0.316. The molecule has 0 aliphatic rings. The van der Waals surface area contributed by atoms with Gasteiger partial charge in [0.15, 0.2) is 5.69 Å². The number of ketones is 1. The summed E-state index contributed by atoms with van der Waals surface area (Å²) in [5, 5.41) is 6.10. The molecule has 0 fully saturated rings. The molecule has 0 radical (unpaired) electrons. The highest BCUT2D eigenvalue weighted by Crippen LogP contribution is 2.29. The number of alkyl halides is 5. The summed E-state index contributed by atoms with van der Waals surface area (Å²) in [4.78, 5) is 10.9. The largest absolute Gasteiger partial charge is 0.456 e. The van der Waals surface area contributed by atoms with E-state index in [0.29, 0.717) is 10.9 Å². The summed E-state index contributed by atoms with van der Waals surface area (Å²) in [5.41, 5.74) is -1.34. The van der Waals surface area contributed by atoms with Crippen molar-refractivity contribution in [2.45, 2.75) is 18.6 Å². The number of Topliss-reactive ketones (excluding diaryl/α,β-unsaturated/α-hetero) is 1. The Morgan fingerprint density at radius 1 is 1.10 bits per heavy atom. The SMILES string of the molecule is O=C(c1cn(CC(F)(F)c2ccccc2)nn1)C(F)(F)F. The highest BCUT2D eigenvalue weighted by atomic mass is 19.4. The molecule has 0 aliphatic heterocycles. The van der Waals surface area contributed by atoms with Crippen LogP contribution < -0.4 is 0 Å². The quantitative estimate of drug-likeness (QED) is 0.644. The number of nitrogens with zero attached hydrogens (tertiary/aromatic N) is 3. The zero-order chi connectivity index (χ0) is 15.7. The molecule has 0 spiro atoms. The van der Waals surface area contributed by atoms with Crippen LogP contribution in [0.5, 0.6) is 0 Å². The molecule has 0 N–H and O–H groups in total. The molecule has 0 amide bonds. The molecule has 0 saturated heterocycles. The van der Waals surface area contributed by atoms with Crippen LogP contribution in [0, 0.1) is 0 Å². The second-order valence-electron chi connectivity index (χ2n) is 4.20. The van der Waals surface area contributed by atoms with E-state index in [1.54, 1.807) is 6.07 Å². The van der Waals surface area contributed by atoms with E-state index >= 15 is 0 Å². The fourth-order valence-corrected chi connectivity index (χ4v) is 1.60. The highest BCUT2D eigenvalue weighted by Gasteiger charge is 2.41. The van der Waals surface area contributed by atoms with E-state index in [1.165, 1.54) is 24.3 Å². The Hall–Kier alpha value is -2.32. The molecule has 9 heteroatoms. The topological polar surface area (TPSA) is 47.8 Å². The van der Waals surface area contributed by atoms with E-state index < -0.39 is 30.1 Å².